The Kier molecular flexibility index (Phi) is 4.49. The van der Waals surface area contributed by atoms with E-state index in [2.05, 4.69) is 29.1 Å². The molecule has 0 aliphatic rings. The average molecular weight is 209 g/mol. The molecule has 1 aromatic heterocycles. The van der Waals surface area contributed by atoms with Crippen LogP contribution in [0.3, 0.4) is 0 Å². The molecule has 4 nitrogen and oxygen atoms in total. The van der Waals surface area contributed by atoms with Crippen LogP contribution in [-0.2, 0) is 0 Å². The van der Waals surface area contributed by atoms with Gasteiger partial charge in [-0.3, -0.25) is 0 Å². The molecule has 0 saturated carbocycles. The van der Waals surface area contributed by atoms with Crippen molar-refractivity contribution in [3.05, 3.63) is 18.1 Å². The Labute approximate surface area is 91.1 Å². The molecule has 2 atom stereocenters. The fourth-order valence-corrected chi connectivity index (χ4v) is 1.69. The number of nitrogens with zero attached hydrogens (tertiary/aromatic N) is 2. The lowest BCUT2D eigenvalue weighted by atomic mass is 9.94. The van der Waals surface area contributed by atoms with Crippen LogP contribution in [0.1, 0.15) is 31.9 Å². The number of likely N-dealkylation sites (N-methyl/N-ethyl adjacent to an activating group) is 1. The first-order valence-electron chi connectivity index (χ1n) is 5.26. The summed E-state index contributed by atoms with van der Waals surface area (Å²) in [5, 5.41) is 3.25. The molecule has 1 aromatic rings. The summed E-state index contributed by atoms with van der Waals surface area (Å²) in [4.78, 5) is 8.30. The zero-order chi connectivity index (χ0) is 11.3. The zero-order valence-electron chi connectivity index (χ0n) is 9.82. The van der Waals surface area contributed by atoms with E-state index in [9.17, 15) is 0 Å². The van der Waals surface area contributed by atoms with Crippen LogP contribution in [0.15, 0.2) is 12.4 Å². The second-order valence-corrected chi connectivity index (χ2v) is 3.58. The highest BCUT2D eigenvalue weighted by molar-refractivity contribution is 5.18. The quantitative estimate of drug-likeness (QED) is 0.800. The van der Waals surface area contributed by atoms with E-state index in [4.69, 9.17) is 4.74 Å². The van der Waals surface area contributed by atoms with Crippen LogP contribution in [0.4, 0.5) is 0 Å². The molecule has 1 heterocycles. The van der Waals surface area contributed by atoms with Gasteiger partial charge in [0.15, 0.2) is 0 Å². The van der Waals surface area contributed by atoms with Gasteiger partial charge in [0.05, 0.1) is 12.8 Å². The third-order valence-corrected chi connectivity index (χ3v) is 2.75. The maximum absolute atomic E-state index is 5.09. The third kappa shape index (κ3) is 2.89. The van der Waals surface area contributed by atoms with Crippen molar-refractivity contribution in [1.29, 1.82) is 0 Å². The molecule has 0 fully saturated rings. The highest BCUT2D eigenvalue weighted by Gasteiger charge is 2.17. The number of nitrogens with one attached hydrogen (secondary N) is 1. The van der Waals surface area contributed by atoms with Gasteiger partial charge in [-0.1, -0.05) is 6.92 Å². The largest absolute Gasteiger partial charge is 0.481 e. The summed E-state index contributed by atoms with van der Waals surface area (Å²) in [6, 6.07) is 2.30. The molecule has 0 saturated heterocycles. The zero-order valence-corrected chi connectivity index (χ0v) is 9.82. The summed E-state index contributed by atoms with van der Waals surface area (Å²) >= 11 is 0. The molecule has 1 rings (SSSR count). The molecular formula is C11H19N3O. The molecule has 0 bridgehead atoms. The summed E-state index contributed by atoms with van der Waals surface area (Å²) < 4.78 is 5.09. The first-order chi connectivity index (χ1) is 7.22. The van der Waals surface area contributed by atoms with Crippen LogP contribution >= 0.6 is 0 Å². The minimum absolute atomic E-state index is 0.395. The topological polar surface area (TPSA) is 47.0 Å². The van der Waals surface area contributed by atoms with Crippen molar-refractivity contribution in [2.24, 2.45) is 0 Å². The maximum Gasteiger partial charge on any atom is 0.216 e. The maximum atomic E-state index is 5.09. The first kappa shape index (κ1) is 11.9. The van der Waals surface area contributed by atoms with Gasteiger partial charge in [-0.2, -0.15) is 0 Å². The Bertz CT molecular complexity index is 304. The number of ether oxygens (including phenoxy) is 1. The van der Waals surface area contributed by atoms with Gasteiger partial charge in [-0.25, -0.2) is 9.97 Å². The third-order valence-electron chi connectivity index (χ3n) is 2.75. The smallest absolute Gasteiger partial charge is 0.216 e. The lowest BCUT2D eigenvalue weighted by Gasteiger charge is -2.21. The molecule has 2 unspecified atom stereocenters. The van der Waals surface area contributed by atoms with E-state index >= 15 is 0 Å². The highest BCUT2D eigenvalue weighted by atomic mass is 16.5. The molecule has 4 heteroatoms. The summed E-state index contributed by atoms with van der Waals surface area (Å²) in [6.45, 7) is 4.32. The molecule has 1 N–H and O–H groups in total. The van der Waals surface area contributed by atoms with Gasteiger partial charge < -0.3 is 10.1 Å². The molecule has 0 aliphatic heterocycles. The lowest BCUT2D eigenvalue weighted by Crippen LogP contribution is -2.29. The van der Waals surface area contributed by atoms with E-state index in [0.717, 1.165) is 12.1 Å². The predicted octanol–water partition coefficient (Wildman–Crippen LogP) is 1.59. The van der Waals surface area contributed by atoms with Crippen molar-refractivity contribution in [2.75, 3.05) is 14.2 Å². The van der Waals surface area contributed by atoms with E-state index in [1.165, 1.54) is 0 Å². The monoisotopic (exact) mass is 209 g/mol. The Hall–Kier alpha value is -1.16. The fraction of sp³-hybridized carbons (Fsp3) is 0.636. The van der Waals surface area contributed by atoms with Crippen molar-refractivity contribution in [2.45, 2.75) is 32.2 Å². The summed E-state index contributed by atoms with van der Waals surface area (Å²) in [7, 11) is 3.58. The van der Waals surface area contributed by atoms with Crippen molar-refractivity contribution < 1.29 is 4.74 Å². The number of hydrogen-bond donors (Lipinski definition) is 1. The van der Waals surface area contributed by atoms with Gasteiger partial charge in [0, 0.05) is 18.0 Å². The van der Waals surface area contributed by atoms with Crippen molar-refractivity contribution in [3.63, 3.8) is 0 Å². The standard InChI is InChI=1S/C11H19N3O/c1-5-9(8(2)12-3)10-6-11(15-4)14-7-13-10/h6-9,12H,5H2,1-4H3. The van der Waals surface area contributed by atoms with E-state index in [0.29, 0.717) is 17.8 Å². The SMILES string of the molecule is CCC(c1cc(OC)ncn1)C(C)NC. The summed E-state index contributed by atoms with van der Waals surface area (Å²) in [5.74, 6) is 1.02. The summed E-state index contributed by atoms with van der Waals surface area (Å²) in [5.41, 5.74) is 1.03. The normalized spacial score (nSPS) is 14.7. The predicted molar refractivity (Wildman–Crippen MR) is 60.1 cm³/mol. The number of hydrogen-bond acceptors (Lipinski definition) is 4. The van der Waals surface area contributed by atoms with Crippen molar-refractivity contribution in [1.82, 2.24) is 15.3 Å². The molecule has 0 radical (unpaired) electrons. The summed E-state index contributed by atoms with van der Waals surface area (Å²) in [6.07, 6.45) is 2.60. The molecule has 0 amide bonds. The lowest BCUT2D eigenvalue weighted by molar-refractivity contribution is 0.392. The van der Waals surface area contributed by atoms with Crippen LogP contribution in [0.2, 0.25) is 0 Å². The van der Waals surface area contributed by atoms with Gasteiger partial charge in [-0.15, -0.1) is 0 Å². The molecule has 0 aromatic carbocycles. The Morgan fingerprint density at radius 1 is 1.47 bits per heavy atom. The molecule has 84 valence electrons. The Morgan fingerprint density at radius 3 is 2.73 bits per heavy atom. The Morgan fingerprint density at radius 2 is 2.20 bits per heavy atom. The molecule has 15 heavy (non-hydrogen) atoms. The van der Waals surface area contributed by atoms with Gasteiger partial charge >= 0.3 is 0 Å². The highest BCUT2D eigenvalue weighted by Crippen LogP contribution is 2.22. The second kappa shape index (κ2) is 5.66. The minimum Gasteiger partial charge on any atom is -0.481 e. The molecule has 0 aliphatic carbocycles. The van der Waals surface area contributed by atoms with Crippen LogP contribution in [0, 0.1) is 0 Å². The van der Waals surface area contributed by atoms with Crippen molar-refractivity contribution in [3.8, 4) is 5.88 Å². The first-order valence-corrected chi connectivity index (χ1v) is 5.26. The van der Waals surface area contributed by atoms with E-state index in [1.807, 2.05) is 13.1 Å². The van der Waals surface area contributed by atoms with Gasteiger partial charge in [-0.05, 0) is 20.4 Å². The van der Waals surface area contributed by atoms with Crippen LogP contribution < -0.4 is 10.1 Å². The van der Waals surface area contributed by atoms with E-state index in [-0.39, 0.29) is 0 Å². The van der Waals surface area contributed by atoms with Crippen LogP contribution in [-0.4, -0.2) is 30.2 Å². The number of rotatable bonds is 5. The molecular weight excluding hydrogens is 190 g/mol. The Balaban J connectivity index is 2.91. The van der Waals surface area contributed by atoms with Crippen LogP contribution in [0.25, 0.3) is 0 Å². The van der Waals surface area contributed by atoms with Crippen LogP contribution in [0.5, 0.6) is 5.88 Å². The van der Waals surface area contributed by atoms with Gasteiger partial charge in [0.2, 0.25) is 5.88 Å². The average Bonchev–Trinajstić information content (AvgIpc) is 2.30. The van der Waals surface area contributed by atoms with Gasteiger partial charge in [0.25, 0.3) is 0 Å². The molecule has 0 spiro atoms. The second-order valence-electron chi connectivity index (χ2n) is 3.58. The fourth-order valence-electron chi connectivity index (χ4n) is 1.69. The number of methoxy groups -OCH3 is 1. The number of aromatic nitrogens is 2. The van der Waals surface area contributed by atoms with Gasteiger partial charge in [0.1, 0.15) is 6.33 Å². The minimum atomic E-state index is 0.395. The van der Waals surface area contributed by atoms with E-state index in [1.54, 1.807) is 13.4 Å². The van der Waals surface area contributed by atoms with Crippen molar-refractivity contribution >= 4 is 0 Å². The van der Waals surface area contributed by atoms with E-state index < -0.39 is 0 Å².